The zero-order valence-electron chi connectivity index (χ0n) is 8.97. The Hall–Kier alpha value is -1.20. The van der Waals surface area contributed by atoms with Gasteiger partial charge in [-0.3, -0.25) is 0 Å². The van der Waals surface area contributed by atoms with E-state index >= 15 is 0 Å². The van der Waals surface area contributed by atoms with E-state index in [-0.39, 0.29) is 0 Å². The average Bonchev–Trinajstić information content (AvgIpc) is 2.15. The van der Waals surface area contributed by atoms with Gasteiger partial charge in [-0.2, -0.15) is 0 Å². The van der Waals surface area contributed by atoms with Gasteiger partial charge in [-0.25, -0.2) is 9.97 Å². The molecule has 5 heteroatoms. The second kappa shape index (κ2) is 3.75. The second-order valence-corrected chi connectivity index (χ2v) is 4.13. The van der Waals surface area contributed by atoms with Crippen LogP contribution in [0.4, 0.5) is 5.95 Å². The fourth-order valence-electron chi connectivity index (χ4n) is 1.68. The van der Waals surface area contributed by atoms with E-state index in [2.05, 4.69) is 9.97 Å². The van der Waals surface area contributed by atoms with Crippen LogP contribution in [0.25, 0.3) is 0 Å². The molecule has 1 aliphatic rings. The summed E-state index contributed by atoms with van der Waals surface area (Å²) < 4.78 is 5.00. The minimum atomic E-state index is -0.597. The SMILES string of the molecule is COCc1ccnc(N2CC(C)(O)C2)n1. The predicted octanol–water partition coefficient (Wildman–Crippen LogP) is 0.194. The van der Waals surface area contributed by atoms with Crippen LogP contribution >= 0.6 is 0 Å². The van der Waals surface area contributed by atoms with Gasteiger partial charge in [-0.1, -0.05) is 0 Å². The highest BCUT2D eigenvalue weighted by molar-refractivity contribution is 5.36. The van der Waals surface area contributed by atoms with E-state index in [1.807, 2.05) is 17.9 Å². The maximum absolute atomic E-state index is 9.60. The Morgan fingerprint density at radius 2 is 2.33 bits per heavy atom. The van der Waals surface area contributed by atoms with Gasteiger partial charge in [-0.15, -0.1) is 0 Å². The second-order valence-electron chi connectivity index (χ2n) is 4.13. The molecule has 0 saturated carbocycles. The van der Waals surface area contributed by atoms with Gasteiger partial charge in [0.05, 0.1) is 31.0 Å². The third-order valence-corrected chi connectivity index (χ3v) is 2.34. The molecule has 0 amide bonds. The number of anilines is 1. The molecule has 2 rings (SSSR count). The first-order valence-corrected chi connectivity index (χ1v) is 4.89. The van der Waals surface area contributed by atoms with Crippen LogP contribution < -0.4 is 4.90 Å². The predicted molar refractivity (Wildman–Crippen MR) is 55.6 cm³/mol. The van der Waals surface area contributed by atoms with Gasteiger partial charge in [0.1, 0.15) is 0 Å². The molecule has 1 fully saturated rings. The number of aliphatic hydroxyl groups is 1. The van der Waals surface area contributed by atoms with Gasteiger partial charge >= 0.3 is 0 Å². The Labute approximate surface area is 88.7 Å². The molecule has 0 unspecified atom stereocenters. The molecular formula is C10H15N3O2. The first-order valence-electron chi connectivity index (χ1n) is 4.89. The van der Waals surface area contributed by atoms with Gasteiger partial charge in [0.2, 0.25) is 5.95 Å². The average molecular weight is 209 g/mol. The molecule has 1 saturated heterocycles. The van der Waals surface area contributed by atoms with Crippen molar-refractivity contribution < 1.29 is 9.84 Å². The summed E-state index contributed by atoms with van der Waals surface area (Å²) in [7, 11) is 1.64. The topological polar surface area (TPSA) is 58.5 Å². The van der Waals surface area contributed by atoms with E-state index in [9.17, 15) is 5.11 Å². The van der Waals surface area contributed by atoms with Crippen LogP contribution in [-0.2, 0) is 11.3 Å². The van der Waals surface area contributed by atoms with E-state index in [1.54, 1.807) is 13.3 Å². The van der Waals surface area contributed by atoms with Gasteiger partial charge in [0.25, 0.3) is 0 Å². The third kappa shape index (κ3) is 2.24. The maximum Gasteiger partial charge on any atom is 0.225 e. The van der Waals surface area contributed by atoms with Gasteiger partial charge in [0, 0.05) is 13.3 Å². The quantitative estimate of drug-likeness (QED) is 0.770. The minimum absolute atomic E-state index is 0.486. The first-order chi connectivity index (χ1) is 7.11. The number of hydrogen-bond donors (Lipinski definition) is 1. The number of β-amino-alcohol motifs (C(OH)–C–C–N with tert-alkyl or cyclic N) is 1. The summed E-state index contributed by atoms with van der Waals surface area (Å²) in [6.45, 7) is 3.47. The summed E-state index contributed by atoms with van der Waals surface area (Å²) in [4.78, 5) is 10.4. The highest BCUT2D eigenvalue weighted by Crippen LogP contribution is 2.23. The van der Waals surface area contributed by atoms with E-state index in [1.165, 1.54) is 0 Å². The summed E-state index contributed by atoms with van der Waals surface area (Å²) in [5.41, 5.74) is 0.259. The van der Waals surface area contributed by atoms with Crippen molar-refractivity contribution in [3.63, 3.8) is 0 Å². The molecule has 0 atom stereocenters. The van der Waals surface area contributed by atoms with Crippen LogP contribution in [0.3, 0.4) is 0 Å². The van der Waals surface area contributed by atoms with Crippen LogP contribution in [0.15, 0.2) is 12.3 Å². The molecular weight excluding hydrogens is 194 g/mol. The van der Waals surface area contributed by atoms with Gasteiger partial charge < -0.3 is 14.7 Å². The van der Waals surface area contributed by atoms with Crippen LogP contribution in [0.5, 0.6) is 0 Å². The zero-order valence-corrected chi connectivity index (χ0v) is 8.97. The highest BCUT2D eigenvalue weighted by Gasteiger charge is 2.37. The Morgan fingerprint density at radius 1 is 1.60 bits per heavy atom. The van der Waals surface area contributed by atoms with Crippen LogP contribution in [0.2, 0.25) is 0 Å². The molecule has 0 radical (unpaired) electrons. The molecule has 5 nitrogen and oxygen atoms in total. The van der Waals surface area contributed by atoms with Gasteiger partial charge in [-0.05, 0) is 13.0 Å². The zero-order chi connectivity index (χ0) is 10.9. The summed E-state index contributed by atoms with van der Waals surface area (Å²) in [5, 5.41) is 9.60. The Bertz CT molecular complexity index is 346. The molecule has 1 aromatic heterocycles. The largest absolute Gasteiger partial charge is 0.386 e. The molecule has 1 aliphatic heterocycles. The number of nitrogens with zero attached hydrogens (tertiary/aromatic N) is 3. The lowest BCUT2D eigenvalue weighted by Gasteiger charge is -2.44. The monoisotopic (exact) mass is 209 g/mol. The van der Waals surface area contributed by atoms with Crippen LogP contribution in [0, 0.1) is 0 Å². The number of aromatic nitrogens is 2. The normalized spacial score (nSPS) is 18.7. The molecule has 2 heterocycles. The number of methoxy groups -OCH3 is 1. The molecule has 0 aliphatic carbocycles. The first kappa shape index (κ1) is 10.3. The Kier molecular flexibility index (Phi) is 2.58. The number of hydrogen-bond acceptors (Lipinski definition) is 5. The molecule has 0 bridgehead atoms. The molecule has 0 aromatic carbocycles. The highest BCUT2D eigenvalue weighted by atomic mass is 16.5. The number of rotatable bonds is 3. The molecule has 0 spiro atoms. The van der Waals surface area contributed by atoms with Crippen LogP contribution in [0.1, 0.15) is 12.6 Å². The van der Waals surface area contributed by atoms with Crippen molar-refractivity contribution in [1.82, 2.24) is 9.97 Å². The smallest absolute Gasteiger partial charge is 0.225 e. The van der Waals surface area contributed by atoms with Crippen molar-refractivity contribution in [2.45, 2.75) is 19.1 Å². The standard InChI is InChI=1S/C10H15N3O2/c1-10(14)6-13(7-10)9-11-4-3-8(12-9)5-15-2/h3-4,14H,5-7H2,1-2H3. The van der Waals surface area contributed by atoms with Crippen molar-refractivity contribution in [3.8, 4) is 0 Å². The number of ether oxygens (including phenoxy) is 1. The third-order valence-electron chi connectivity index (χ3n) is 2.34. The van der Waals surface area contributed by atoms with Crippen molar-refractivity contribution >= 4 is 5.95 Å². The van der Waals surface area contributed by atoms with Crippen LogP contribution in [-0.4, -0.2) is 40.9 Å². The lowest BCUT2D eigenvalue weighted by atomic mass is 9.98. The minimum Gasteiger partial charge on any atom is -0.386 e. The Balaban J connectivity index is 2.06. The summed E-state index contributed by atoms with van der Waals surface area (Å²) >= 11 is 0. The van der Waals surface area contributed by atoms with E-state index in [0.29, 0.717) is 25.6 Å². The molecule has 82 valence electrons. The Morgan fingerprint density at radius 3 is 2.93 bits per heavy atom. The van der Waals surface area contributed by atoms with Crippen molar-refractivity contribution in [3.05, 3.63) is 18.0 Å². The molecule has 1 aromatic rings. The fraction of sp³-hybridized carbons (Fsp3) is 0.600. The van der Waals surface area contributed by atoms with Crippen molar-refractivity contribution in [2.24, 2.45) is 0 Å². The maximum atomic E-state index is 9.60. The fourth-order valence-corrected chi connectivity index (χ4v) is 1.68. The lowest BCUT2D eigenvalue weighted by molar-refractivity contribution is 0.0299. The van der Waals surface area contributed by atoms with E-state index in [0.717, 1.165) is 5.69 Å². The van der Waals surface area contributed by atoms with E-state index in [4.69, 9.17) is 4.74 Å². The lowest BCUT2D eigenvalue weighted by Crippen LogP contribution is -2.60. The van der Waals surface area contributed by atoms with Crippen molar-refractivity contribution in [2.75, 3.05) is 25.1 Å². The van der Waals surface area contributed by atoms with Gasteiger partial charge in [0.15, 0.2) is 0 Å². The molecule has 15 heavy (non-hydrogen) atoms. The van der Waals surface area contributed by atoms with E-state index < -0.39 is 5.60 Å². The molecule has 1 N–H and O–H groups in total. The summed E-state index contributed by atoms with van der Waals surface area (Å²) in [5.74, 6) is 0.663. The van der Waals surface area contributed by atoms with Crippen molar-refractivity contribution in [1.29, 1.82) is 0 Å². The summed E-state index contributed by atoms with van der Waals surface area (Å²) in [6.07, 6.45) is 1.71. The summed E-state index contributed by atoms with van der Waals surface area (Å²) in [6, 6.07) is 1.82.